The number of primary amides is 2. The van der Waals surface area contributed by atoms with Gasteiger partial charge in [0.25, 0.3) is 47.3 Å². The van der Waals surface area contributed by atoms with Gasteiger partial charge in [0.1, 0.15) is 50.0 Å². The van der Waals surface area contributed by atoms with Crippen LogP contribution >= 0.6 is 0 Å². The van der Waals surface area contributed by atoms with Crippen LogP contribution in [0.3, 0.4) is 0 Å². The number of benzene rings is 2. The van der Waals surface area contributed by atoms with Crippen molar-refractivity contribution in [1.29, 1.82) is 0 Å². The standard InChI is InChI=1S/C28H38N6O8.C27H35N5O8.C17H25N3O5.C16H22N2O5/c1-16(2)25(33-27(40)21(14-29)34-23(37)10-11-24(34)38)22(36)13-19(5-4-12-31-28(30)41)26(39)32-20-8-6-18(7-9-20)15-42-17(3)35;1-16(2)25(31-22(35)14-32-23(36)10-11-24(32)37)21(34)13-19(5-4-12-29-27(28)39)26(38)30-20-8-6-18(7-9-20)15-40-17(3)33;1-9(2)16(13(22)7-10(3)11(4)21)19-17(25)12(8-18)20-14(23)5-6-15(20)24;1-9(2)16(12(20)7-10(3)11(4)19)17-13(21)8-18-14(22)5-6-15(18)23/h6-11,16,19,21,25H,4-5,12-15,29H2,1-3H3,(H,32,39)(H,33,40)(H3,30,31,41);6-11,16,19,25H,4-5,12-15H2,1-3H3,(H,30,38)(H,31,35)(H3,28,29,39);5-6,9-10,12,16H,7-8,18H2,1-4H3,(H,19,25);5-6,9-10,16H,7-8H2,1-4H3,(H,17,21)/t19-,21?,25+;19-,25+;10-,12?,16+;10-,16+/m1111/s1. The first-order chi connectivity index (χ1) is 60.9. The van der Waals surface area contributed by atoms with E-state index in [0.717, 1.165) is 73.8 Å². The maximum absolute atomic E-state index is 13.4. The average Bonchev–Trinajstić information content (AvgIpc) is 1.71. The van der Waals surface area contributed by atoms with Gasteiger partial charge in [-0.25, -0.2) is 9.59 Å². The Morgan fingerprint density at radius 2 is 0.615 bits per heavy atom. The van der Waals surface area contributed by atoms with Gasteiger partial charge in [0.15, 0.2) is 23.1 Å². The zero-order chi connectivity index (χ0) is 98.3. The van der Waals surface area contributed by atoms with Gasteiger partial charge in [-0.3, -0.25) is 125 Å². The summed E-state index contributed by atoms with van der Waals surface area (Å²) in [7, 11) is 0. The Bertz CT molecular complexity index is 4600. The molecule has 0 radical (unpaired) electrons. The number of hydrogen-bond donors (Lipinski definition) is 12. The second kappa shape index (κ2) is 54.4. The second-order valence-electron chi connectivity index (χ2n) is 32.4. The van der Waals surface area contributed by atoms with Crippen molar-refractivity contribution in [3.63, 3.8) is 0 Å². The summed E-state index contributed by atoms with van der Waals surface area (Å²) in [5.41, 5.74) is 23.8. The highest BCUT2D eigenvalue weighted by atomic mass is 16.5. The van der Waals surface area contributed by atoms with E-state index in [4.69, 9.17) is 32.4 Å². The number of esters is 2. The number of anilines is 2. The lowest BCUT2D eigenvalue weighted by Crippen LogP contribution is -2.57. The van der Waals surface area contributed by atoms with Crippen molar-refractivity contribution < 1.29 is 125 Å². The van der Waals surface area contributed by atoms with Crippen LogP contribution in [0.4, 0.5) is 21.0 Å². The normalized spacial score (nSPS) is 15.4. The van der Waals surface area contributed by atoms with Gasteiger partial charge >= 0.3 is 24.0 Å². The molecule has 0 aromatic heterocycles. The van der Waals surface area contributed by atoms with Crippen LogP contribution in [0.5, 0.6) is 0 Å². The van der Waals surface area contributed by atoms with Gasteiger partial charge in [0, 0.05) is 149 Å². The molecule has 2 aromatic carbocycles. The van der Waals surface area contributed by atoms with Gasteiger partial charge in [-0.05, 0) is 98.6 Å². The van der Waals surface area contributed by atoms with Crippen LogP contribution in [-0.4, -0.2) is 237 Å². The Morgan fingerprint density at radius 3 is 0.862 bits per heavy atom. The number of nitrogens with two attached hydrogens (primary N) is 4. The molecule has 42 nitrogen and oxygen atoms in total. The van der Waals surface area contributed by atoms with Gasteiger partial charge in [-0.2, -0.15) is 0 Å². The highest BCUT2D eigenvalue weighted by Gasteiger charge is 2.41. The van der Waals surface area contributed by atoms with Crippen LogP contribution in [0.1, 0.15) is 159 Å². The molecule has 6 rings (SSSR count). The average molecular weight is 1820 g/mol. The Kier molecular flexibility index (Phi) is 46.2. The van der Waals surface area contributed by atoms with Crippen molar-refractivity contribution in [2.24, 2.45) is 70.3 Å². The molecule has 0 spiro atoms. The summed E-state index contributed by atoms with van der Waals surface area (Å²) >= 11 is 0. The highest BCUT2D eigenvalue weighted by molar-refractivity contribution is 6.18. The summed E-state index contributed by atoms with van der Waals surface area (Å²) in [5.74, 6) is -14.6. The van der Waals surface area contributed by atoms with E-state index in [1.165, 1.54) is 27.7 Å². The lowest BCUT2D eigenvalue weighted by atomic mass is 9.89. The van der Waals surface area contributed by atoms with Crippen molar-refractivity contribution in [1.82, 2.24) is 51.5 Å². The zero-order valence-electron chi connectivity index (χ0n) is 75.3. The molecule has 4 aliphatic heterocycles. The zero-order valence-corrected chi connectivity index (χ0v) is 75.3. The van der Waals surface area contributed by atoms with Crippen molar-refractivity contribution >= 4 is 153 Å². The Labute approximate surface area is 751 Å². The van der Waals surface area contributed by atoms with Crippen LogP contribution in [0.25, 0.3) is 0 Å². The molecule has 18 amide bonds. The van der Waals surface area contributed by atoms with E-state index in [1.54, 1.807) is 118 Å². The number of carbonyl (C=O) groups is 24. The van der Waals surface area contributed by atoms with Crippen LogP contribution in [0, 0.1) is 47.3 Å². The first-order valence-corrected chi connectivity index (χ1v) is 42.0. The van der Waals surface area contributed by atoms with E-state index in [0.29, 0.717) is 29.8 Å². The quantitative estimate of drug-likeness (QED) is 0.0246. The molecule has 0 bridgehead atoms. The summed E-state index contributed by atoms with van der Waals surface area (Å²) < 4.78 is 9.90. The number of rotatable bonds is 48. The maximum atomic E-state index is 13.4. The van der Waals surface area contributed by atoms with Gasteiger partial charge in [0.05, 0.1) is 24.2 Å². The molecule has 708 valence electrons. The molecule has 0 saturated heterocycles. The summed E-state index contributed by atoms with van der Waals surface area (Å²) in [6, 6.07) is 5.75. The first-order valence-electron chi connectivity index (χ1n) is 42.0. The predicted molar refractivity (Wildman–Crippen MR) is 466 cm³/mol. The van der Waals surface area contributed by atoms with E-state index < -0.39 is 197 Å². The Hall–Kier alpha value is -13.8. The molecule has 130 heavy (non-hydrogen) atoms. The van der Waals surface area contributed by atoms with Crippen LogP contribution < -0.4 is 65.5 Å². The Balaban J connectivity index is 0.000000461. The van der Waals surface area contributed by atoms with E-state index in [1.807, 2.05) is 0 Å². The minimum atomic E-state index is -1.31. The van der Waals surface area contributed by atoms with Gasteiger partial charge in [-0.15, -0.1) is 0 Å². The number of nitrogens with one attached hydrogen (secondary N) is 8. The lowest BCUT2D eigenvalue weighted by molar-refractivity contribution is -0.146. The number of carbonyl (C=O) groups excluding carboxylic acids is 24. The second-order valence-corrected chi connectivity index (χ2v) is 32.4. The van der Waals surface area contributed by atoms with Crippen molar-refractivity contribution in [3.8, 4) is 0 Å². The van der Waals surface area contributed by atoms with E-state index in [2.05, 4.69) is 42.5 Å². The molecule has 4 heterocycles. The smallest absolute Gasteiger partial charge is 0.312 e. The molecule has 2 aromatic rings. The van der Waals surface area contributed by atoms with Crippen LogP contribution in [0.15, 0.2) is 97.1 Å². The fourth-order valence-electron chi connectivity index (χ4n) is 12.9. The molecular formula is C88H120N16O26. The number of hydrogen-bond acceptors (Lipinski definition) is 28. The third kappa shape index (κ3) is 37.3. The third-order valence-electron chi connectivity index (χ3n) is 20.5. The molecule has 4 aliphatic rings. The maximum Gasteiger partial charge on any atom is 0.312 e. The summed E-state index contributed by atoms with van der Waals surface area (Å²) in [6.07, 6.45) is 9.27. The van der Waals surface area contributed by atoms with E-state index >= 15 is 0 Å². The minimum absolute atomic E-state index is 0.00881. The molecule has 2 unspecified atom stereocenters. The lowest BCUT2D eigenvalue weighted by Gasteiger charge is -2.28. The van der Waals surface area contributed by atoms with Gasteiger partial charge in [0.2, 0.25) is 35.4 Å². The number of ether oxygens (including phenoxy) is 2. The van der Waals surface area contributed by atoms with Crippen molar-refractivity contribution in [2.45, 2.75) is 198 Å². The predicted octanol–water partition coefficient (Wildman–Crippen LogP) is 0.683. The van der Waals surface area contributed by atoms with Crippen LogP contribution in [-0.2, 0) is 128 Å². The fourth-order valence-corrected chi connectivity index (χ4v) is 12.9. The number of ketones is 6. The number of urea groups is 2. The largest absolute Gasteiger partial charge is 0.461 e. The molecule has 0 saturated carbocycles. The van der Waals surface area contributed by atoms with Crippen LogP contribution in [0.2, 0.25) is 0 Å². The molecule has 16 N–H and O–H groups in total. The topological polar surface area (TPSA) is 641 Å². The summed E-state index contributed by atoms with van der Waals surface area (Å²) in [6.45, 7) is 21.6. The minimum Gasteiger partial charge on any atom is -0.461 e. The molecule has 10 atom stereocenters. The fraction of sp³-hybridized carbons (Fsp3) is 0.500. The van der Waals surface area contributed by atoms with Crippen molar-refractivity contribution in [3.05, 3.63) is 108 Å². The number of amides is 18. The van der Waals surface area contributed by atoms with Crippen molar-refractivity contribution in [2.75, 3.05) is 49.9 Å². The molecule has 0 fully saturated rings. The third-order valence-corrected chi connectivity index (χ3v) is 20.5. The number of nitrogens with zero attached hydrogens (tertiary/aromatic N) is 4. The monoisotopic (exact) mass is 1820 g/mol. The highest BCUT2D eigenvalue weighted by Crippen LogP contribution is 2.24. The van der Waals surface area contributed by atoms with E-state index in [-0.39, 0.29) is 119 Å². The SMILES string of the molecule is CC(=O)OCc1ccc(NC(=O)[C@H](CCCNC(N)=O)CC(=O)[C@@H](NC(=O)C(CN)N2C(=O)C=CC2=O)C(C)C)cc1.CC(=O)OCc1ccc(NC(=O)[C@H](CCCNC(N)=O)CC(=O)[C@@H](NC(=O)CN2C(=O)C=CC2=O)C(C)C)cc1.CC(=O)[C@H](C)CC(=O)[C@@H](NC(=O)C(CN)N1C(=O)C=CC1=O)C(C)C.CC(=O)[C@H](C)CC(=O)[C@@H](NC(=O)CN1C(=O)C=CC1=O)C(C)C. The molecule has 42 heteroatoms. The first kappa shape index (κ1) is 110. The van der Waals surface area contributed by atoms with E-state index in [9.17, 15) is 115 Å². The number of imide groups is 4. The van der Waals surface area contributed by atoms with Gasteiger partial charge in [-0.1, -0.05) is 93.5 Å². The molecule has 0 aliphatic carbocycles. The number of Topliss-reactive ketones (excluding diaryl/α,β-unsaturated/α-hetero) is 6. The molecular weight excluding hydrogens is 1700 g/mol. The Morgan fingerprint density at radius 1 is 0.354 bits per heavy atom. The summed E-state index contributed by atoms with van der Waals surface area (Å²) in [5, 5.41) is 20.7. The summed E-state index contributed by atoms with van der Waals surface area (Å²) in [4.78, 5) is 292. The van der Waals surface area contributed by atoms with Gasteiger partial charge < -0.3 is 74.9 Å².